The highest BCUT2D eigenvalue weighted by atomic mass is 35.5. The minimum absolute atomic E-state index is 0.00121. The van der Waals surface area contributed by atoms with Crippen LogP contribution in [0.2, 0.25) is 5.02 Å². The van der Waals surface area contributed by atoms with Gasteiger partial charge in [-0.15, -0.1) is 0 Å². The third kappa shape index (κ3) is 10.1. The van der Waals surface area contributed by atoms with Gasteiger partial charge in [0.1, 0.15) is 11.9 Å². The molecule has 1 fully saturated rings. The molecule has 1 aromatic rings. The maximum Gasteiger partial charge on any atom is 0.306 e. The molecule has 1 aromatic carbocycles. The minimum Gasteiger partial charge on any atom is -0.485 e. The van der Waals surface area contributed by atoms with Gasteiger partial charge in [0, 0.05) is 33.2 Å². The molecule has 0 spiro atoms. The molecule has 0 heterocycles. The maximum absolute atomic E-state index is 14.7. The number of unbranched alkanes of at least 4 members (excludes halogenated alkanes) is 3. The lowest BCUT2D eigenvalue weighted by molar-refractivity contribution is -0.147. The molecule has 3 unspecified atom stereocenters. The van der Waals surface area contributed by atoms with E-state index in [-0.39, 0.29) is 42.4 Å². The summed E-state index contributed by atoms with van der Waals surface area (Å²) in [4.78, 5) is 23.8. The monoisotopic (exact) mass is 500 g/mol. The number of allylic oxidation sites excluding steroid dienone is 1. The maximum atomic E-state index is 14.7. The molecule has 1 aliphatic carbocycles. The Balaban J connectivity index is 1.78. The number of ether oxygens (including phenoxy) is 2. The van der Waals surface area contributed by atoms with Crippen molar-refractivity contribution in [2.75, 3.05) is 6.61 Å². The number of ketones is 1. The molecule has 184 valence electrons. The molecule has 0 bridgehead atoms. The quantitative estimate of drug-likeness (QED) is 0.130. The van der Waals surface area contributed by atoms with Crippen molar-refractivity contribution < 1.29 is 28.0 Å². The Morgan fingerprint density at radius 1 is 1.24 bits per heavy atom. The number of hydrogen-bond donors (Lipinski definition) is 0. The molecule has 0 aromatic heterocycles. The van der Waals surface area contributed by atoms with Crippen LogP contribution in [0.3, 0.4) is 0 Å². The zero-order chi connectivity index (χ0) is 24.2. The Morgan fingerprint density at radius 3 is 2.70 bits per heavy atom. The number of carbonyl (C=O) groups excluding carboxylic acids is 2. The average Bonchev–Trinajstić information content (AvgIpc) is 3.07. The van der Waals surface area contributed by atoms with Gasteiger partial charge < -0.3 is 14.0 Å². The Labute approximate surface area is 203 Å². The molecular weight excluding hydrogens is 466 g/mol. The summed E-state index contributed by atoms with van der Waals surface area (Å²) in [6, 6.07) is 6.83. The standard InChI is InChI=1S/C25H35ClFO5P/c1-17(2)31-25(29)11-6-4-3-5-10-22-21(23(27)15-24(22)32-33)13-12-19(28)16-30-20-9-7-8-18(26)14-20/h7-9,12-14,17,21-24H,3-6,10-11,15-16,33H2,1-2H3/b13-12+/t21-,22-,23?,24?/m1/s1. The van der Waals surface area contributed by atoms with Crippen LogP contribution in [0.5, 0.6) is 5.75 Å². The van der Waals surface area contributed by atoms with Gasteiger partial charge in [0.2, 0.25) is 0 Å². The zero-order valence-electron chi connectivity index (χ0n) is 19.4. The molecule has 0 radical (unpaired) electrons. The van der Waals surface area contributed by atoms with Gasteiger partial charge in [0.05, 0.1) is 12.2 Å². The number of hydrogen-bond acceptors (Lipinski definition) is 5. The van der Waals surface area contributed by atoms with E-state index in [1.165, 1.54) is 6.08 Å². The smallest absolute Gasteiger partial charge is 0.306 e. The first kappa shape index (κ1) is 27.8. The molecule has 0 aliphatic heterocycles. The van der Waals surface area contributed by atoms with Gasteiger partial charge in [-0.1, -0.05) is 43.0 Å². The fourth-order valence-corrected chi connectivity index (χ4v) is 4.66. The second-order valence-corrected chi connectivity index (χ2v) is 9.44. The van der Waals surface area contributed by atoms with Crippen LogP contribution in [0.25, 0.3) is 0 Å². The minimum atomic E-state index is -1.05. The topological polar surface area (TPSA) is 61.8 Å². The van der Waals surface area contributed by atoms with Crippen molar-refractivity contribution in [3.05, 3.63) is 41.4 Å². The molecule has 2 rings (SSSR count). The number of halogens is 2. The van der Waals surface area contributed by atoms with Gasteiger partial charge in [-0.3, -0.25) is 9.59 Å². The van der Waals surface area contributed by atoms with E-state index in [1.54, 1.807) is 30.3 Å². The predicted molar refractivity (Wildman–Crippen MR) is 131 cm³/mol. The molecule has 5 nitrogen and oxygen atoms in total. The highest BCUT2D eigenvalue weighted by Gasteiger charge is 2.42. The second-order valence-electron chi connectivity index (χ2n) is 8.73. The van der Waals surface area contributed by atoms with Crippen molar-refractivity contribution in [2.45, 2.75) is 77.2 Å². The van der Waals surface area contributed by atoms with Crippen molar-refractivity contribution in [3.63, 3.8) is 0 Å². The Hall–Kier alpha value is -1.49. The van der Waals surface area contributed by atoms with E-state index in [2.05, 4.69) is 9.47 Å². The molecular formula is C25H35ClFO5P. The molecule has 0 N–H and O–H groups in total. The van der Waals surface area contributed by atoms with Crippen molar-refractivity contribution in [1.82, 2.24) is 0 Å². The van der Waals surface area contributed by atoms with E-state index in [4.69, 9.17) is 25.6 Å². The van der Waals surface area contributed by atoms with E-state index in [0.29, 0.717) is 23.6 Å². The summed E-state index contributed by atoms with van der Waals surface area (Å²) in [5.74, 6) is -0.246. The number of alkyl halides is 1. The largest absolute Gasteiger partial charge is 0.485 e. The lowest BCUT2D eigenvalue weighted by Crippen LogP contribution is -2.20. The number of carbonyl (C=O) groups is 2. The van der Waals surface area contributed by atoms with Gasteiger partial charge in [-0.2, -0.15) is 0 Å². The average molecular weight is 501 g/mol. The molecule has 0 saturated heterocycles. The molecule has 33 heavy (non-hydrogen) atoms. The Morgan fingerprint density at radius 2 is 2.00 bits per heavy atom. The van der Waals surface area contributed by atoms with E-state index in [9.17, 15) is 14.0 Å². The van der Waals surface area contributed by atoms with Crippen molar-refractivity contribution in [3.8, 4) is 5.75 Å². The van der Waals surface area contributed by atoms with Crippen LogP contribution in [0, 0.1) is 11.8 Å². The van der Waals surface area contributed by atoms with Crippen molar-refractivity contribution >= 4 is 32.8 Å². The Bertz CT molecular complexity index is 788. The van der Waals surface area contributed by atoms with Crippen LogP contribution in [0.1, 0.15) is 58.8 Å². The first-order valence-corrected chi connectivity index (χ1v) is 12.4. The molecule has 8 heteroatoms. The van der Waals surface area contributed by atoms with Gasteiger partial charge in [0.15, 0.2) is 12.4 Å². The second kappa shape index (κ2) is 14.7. The van der Waals surface area contributed by atoms with E-state index < -0.39 is 6.17 Å². The van der Waals surface area contributed by atoms with Crippen molar-refractivity contribution in [2.24, 2.45) is 11.8 Å². The first-order valence-electron chi connectivity index (χ1n) is 11.6. The summed E-state index contributed by atoms with van der Waals surface area (Å²) < 4.78 is 30.7. The van der Waals surface area contributed by atoms with Gasteiger partial charge >= 0.3 is 5.97 Å². The molecule has 0 amide bonds. The highest BCUT2D eigenvalue weighted by molar-refractivity contribution is 7.09. The predicted octanol–water partition coefficient (Wildman–Crippen LogP) is 6.29. The lowest BCUT2D eigenvalue weighted by atomic mass is 9.88. The third-order valence-electron chi connectivity index (χ3n) is 5.74. The van der Waals surface area contributed by atoms with Crippen LogP contribution in [0.15, 0.2) is 36.4 Å². The summed E-state index contributed by atoms with van der Waals surface area (Å²) in [5, 5.41) is 0.531. The summed E-state index contributed by atoms with van der Waals surface area (Å²) >= 11 is 5.91. The van der Waals surface area contributed by atoms with Crippen LogP contribution in [0.4, 0.5) is 4.39 Å². The normalized spacial score (nSPS) is 22.7. The van der Waals surface area contributed by atoms with Crippen LogP contribution < -0.4 is 4.74 Å². The van der Waals surface area contributed by atoms with E-state index in [0.717, 1.165) is 32.1 Å². The van der Waals surface area contributed by atoms with E-state index in [1.807, 2.05) is 13.8 Å². The van der Waals surface area contributed by atoms with Gasteiger partial charge in [-0.05, 0) is 56.9 Å². The van der Waals surface area contributed by atoms with Crippen LogP contribution >= 0.6 is 21.1 Å². The van der Waals surface area contributed by atoms with Crippen LogP contribution in [-0.4, -0.2) is 36.7 Å². The number of rotatable bonds is 14. The fraction of sp³-hybridized carbons (Fsp3) is 0.600. The number of esters is 1. The molecule has 5 atom stereocenters. The lowest BCUT2D eigenvalue weighted by Gasteiger charge is -2.22. The van der Waals surface area contributed by atoms with E-state index >= 15 is 0 Å². The van der Waals surface area contributed by atoms with Gasteiger partial charge in [0.25, 0.3) is 0 Å². The van der Waals surface area contributed by atoms with Gasteiger partial charge in [-0.25, -0.2) is 4.39 Å². The first-order chi connectivity index (χ1) is 15.8. The molecule has 1 saturated carbocycles. The SMILES string of the molecule is CC(C)OC(=O)CCCCCC[C@H]1C(OP)CC(F)[C@@H]1/C=C/C(=O)COc1cccc(Cl)c1. The summed E-state index contributed by atoms with van der Waals surface area (Å²) in [5.41, 5.74) is 0. The summed E-state index contributed by atoms with van der Waals surface area (Å²) in [7, 11) is 2.25. The Kier molecular flexibility index (Phi) is 12.4. The fourth-order valence-electron chi connectivity index (χ4n) is 4.17. The van der Waals surface area contributed by atoms with Crippen molar-refractivity contribution in [1.29, 1.82) is 0 Å². The molecule has 1 aliphatic rings. The number of benzene rings is 1. The van der Waals surface area contributed by atoms with Crippen LogP contribution in [-0.2, 0) is 18.8 Å². The summed E-state index contributed by atoms with van der Waals surface area (Å²) in [6.07, 6.45) is 6.88. The zero-order valence-corrected chi connectivity index (χ0v) is 21.3. The highest BCUT2D eigenvalue weighted by Crippen LogP contribution is 2.41. The third-order valence-corrected chi connectivity index (χ3v) is 6.32. The summed E-state index contributed by atoms with van der Waals surface area (Å²) in [6.45, 7) is 3.55.